The highest BCUT2D eigenvalue weighted by atomic mass is 16.6. The highest BCUT2D eigenvalue weighted by Gasteiger charge is 2.37. The van der Waals surface area contributed by atoms with Crippen LogP contribution in [0, 0.1) is 17.3 Å². The third kappa shape index (κ3) is 9.70. The molecule has 4 N–H and O–H groups in total. The number of nitrogens with two attached hydrogens (primary N) is 1. The van der Waals surface area contributed by atoms with Gasteiger partial charge in [-0.2, -0.15) is 0 Å². The maximum atomic E-state index is 13.6. The zero-order valence-corrected chi connectivity index (χ0v) is 24.4. The Bertz CT molecular complexity index is 955. The number of nitrogens with one attached hydrogen (secondary N) is 1. The van der Waals surface area contributed by atoms with E-state index >= 15 is 0 Å². The summed E-state index contributed by atoms with van der Waals surface area (Å²) < 4.78 is 5.63. The number of anilines is 1. The molecule has 1 unspecified atom stereocenters. The molecule has 0 aliphatic carbocycles. The van der Waals surface area contributed by atoms with Gasteiger partial charge >= 0.3 is 5.97 Å². The molecule has 0 aromatic heterocycles. The number of amides is 2. The predicted molar refractivity (Wildman–Crippen MR) is 151 cm³/mol. The summed E-state index contributed by atoms with van der Waals surface area (Å²) in [5.74, 6) is -1.27. The molecule has 0 bridgehead atoms. The highest BCUT2D eigenvalue weighted by Crippen LogP contribution is 2.35. The van der Waals surface area contributed by atoms with E-state index in [0.717, 1.165) is 24.1 Å². The topological polar surface area (TPSA) is 122 Å². The number of para-hydroxylation sites is 1. The normalized spacial score (nSPS) is 18.2. The Balaban J connectivity index is 2.04. The number of benzene rings is 1. The Hall–Kier alpha value is -2.45. The molecule has 0 spiro atoms. The van der Waals surface area contributed by atoms with Gasteiger partial charge in [0.15, 0.2) is 0 Å². The number of fused-ring (bicyclic) bond motifs is 1. The smallest absolute Gasteiger partial charge is 0.311 e. The second-order valence-electron chi connectivity index (χ2n) is 12.6. The molecule has 0 radical (unpaired) electrons. The van der Waals surface area contributed by atoms with Gasteiger partial charge in [-0.05, 0) is 63.5 Å². The van der Waals surface area contributed by atoms with E-state index in [-0.39, 0.29) is 43.1 Å². The fraction of sp³-hybridized carbons (Fsp3) is 0.700. The molecule has 0 saturated heterocycles. The number of rotatable bonds is 12. The minimum Gasteiger partial charge on any atom is -0.460 e. The Morgan fingerprint density at radius 1 is 1.18 bits per heavy atom. The lowest BCUT2D eigenvalue weighted by molar-refractivity contribution is -0.159. The summed E-state index contributed by atoms with van der Waals surface area (Å²) in [4.78, 5) is 40.4. The maximum Gasteiger partial charge on any atom is 0.311 e. The lowest BCUT2D eigenvalue weighted by Gasteiger charge is -2.37. The van der Waals surface area contributed by atoms with Gasteiger partial charge in [-0.1, -0.05) is 52.3 Å². The molecule has 1 aliphatic rings. The number of aliphatic hydroxyl groups is 1. The molecule has 0 saturated carbocycles. The molecule has 2 rings (SSSR count). The summed E-state index contributed by atoms with van der Waals surface area (Å²) in [6.07, 6.45) is 2.47. The third-order valence-electron chi connectivity index (χ3n) is 6.98. The van der Waals surface area contributed by atoms with E-state index in [1.54, 1.807) is 11.8 Å². The number of hydrogen-bond donors (Lipinski definition) is 3. The summed E-state index contributed by atoms with van der Waals surface area (Å²) >= 11 is 0. The van der Waals surface area contributed by atoms with Gasteiger partial charge in [0.2, 0.25) is 11.8 Å². The van der Waals surface area contributed by atoms with E-state index in [2.05, 4.69) is 12.2 Å². The molecule has 2 amide bonds. The Morgan fingerprint density at radius 2 is 1.84 bits per heavy atom. The number of hydrogen-bond acceptors (Lipinski definition) is 6. The molecular weight excluding hydrogens is 482 g/mol. The van der Waals surface area contributed by atoms with Crippen LogP contribution < -0.4 is 16.0 Å². The quantitative estimate of drug-likeness (QED) is 0.277. The minimum absolute atomic E-state index is 0.0811. The van der Waals surface area contributed by atoms with Gasteiger partial charge in [0.25, 0.3) is 0 Å². The summed E-state index contributed by atoms with van der Waals surface area (Å²) in [5.41, 5.74) is 7.02. The standard InChI is InChI=1S/C30H49N3O5/c1-8-9-14-32-27(36)20(2)15-25(34)23(31)17-30(6,7)18-26(35)33-19-22(28(37)38-29(3,4)5)16-21-12-10-11-13-24(21)33/h10-13,20,22-23,25,34H,8-9,14-19,31H2,1-7H3,(H,32,36)/t20-,22?,23+,25+/m1/s1. The van der Waals surface area contributed by atoms with Crippen molar-refractivity contribution in [3.05, 3.63) is 29.8 Å². The first-order valence-electron chi connectivity index (χ1n) is 14.0. The van der Waals surface area contributed by atoms with Crippen LogP contribution in [0.25, 0.3) is 0 Å². The maximum absolute atomic E-state index is 13.6. The van der Waals surface area contributed by atoms with Crippen molar-refractivity contribution in [1.82, 2.24) is 5.32 Å². The summed E-state index contributed by atoms with van der Waals surface area (Å²) in [5, 5.41) is 13.6. The van der Waals surface area contributed by atoms with Crippen LogP contribution in [-0.2, 0) is 25.5 Å². The molecule has 1 aromatic rings. The van der Waals surface area contributed by atoms with E-state index < -0.39 is 29.1 Å². The largest absolute Gasteiger partial charge is 0.460 e. The number of carbonyl (C=O) groups excluding carboxylic acids is 3. The van der Waals surface area contributed by atoms with Gasteiger partial charge in [0.1, 0.15) is 5.60 Å². The van der Waals surface area contributed by atoms with Gasteiger partial charge in [-0.3, -0.25) is 14.4 Å². The number of nitrogens with zero attached hydrogens (tertiary/aromatic N) is 1. The first-order chi connectivity index (χ1) is 17.6. The van der Waals surface area contributed by atoms with Gasteiger partial charge in [-0.15, -0.1) is 0 Å². The number of unbranched alkanes of at least 4 members (excludes halogenated alkanes) is 1. The second-order valence-corrected chi connectivity index (χ2v) is 12.6. The predicted octanol–water partition coefficient (Wildman–Crippen LogP) is 3.97. The number of ether oxygens (including phenoxy) is 1. The van der Waals surface area contributed by atoms with Crippen LogP contribution in [-0.4, -0.2) is 53.7 Å². The van der Waals surface area contributed by atoms with Gasteiger partial charge in [-0.25, -0.2) is 0 Å². The van der Waals surface area contributed by atoms with Crippen LogP contribution in [0.3, 0.4) is 0 Å². The molecule has 1 heterocycles. The number of aliphatic hydroxyl groups excluding tert-OH is 1. The van der Waals surface area contributed by atoms with Crippen LogP contribution in [0.2, 0.25) is 0 Å². The van der Waals surface area contributed by atoms with Crippen molar-refractivity contribution in [3.63, 3.8) is 0 Å². The number of esters is 1. The summed E-state index contributed by atoms with van der Waals surface area (Å²) in [7, 11) is 0. The van der Waals surface area contributed by atoms with Crippen molar-refractivity contribution >= 4 is 23.5 Å². The Morgan fingerprint density at radius 3 is 2.47 bits per heavy atom. The monoisotopic (exact) mass is 531 g/mol. The first kappa shape index (κ1) is 31.8. The molecule has 0 fully saturated rings. The fourth-order valence-corrected chi connectivity index (χ4v) is 4.93. The lowest BCUT2D eigenvalue weighted by Crippen LogP contribution is -2.46. The van der Waals surface area contributed by atoms with E-state index in [9.17, 15) is 19.5 Å². The molecular formula is C30H49N3O5. The van der Waals surface area contributed by atoms with Crippen molar-refractivity contribution < 1.29 is 24.2 Å². The third-order valence-corrected chi connectivity index (χ3v) is 6.98. The minimum atomic E-state index is -0.858. The molecule has 38 heavy (non-hydrogen) atoms. The number of carbonyl (C=O) groups is 3. The molecule has 4 atom stereocenters. The van der Waals surface area contributed by atoms with Gasteiger partial charge < -0.3 is 25.8 Å². The highest BCUT2D eigenvalue weighted by molar-refractivity contribution is 5.96. The summed E-state index contributed by atoms with van der Waals surface area (Å²) in [6.45, 7) is 14.2. The molecule has 1 aliphatic heterocycles. The van der Waals surface area contributed by atoms with E-state index in [0.29, 0.717) is 19.4 Å². The van der Waals surface area contributed by atoms with E-state index in [1.165, 1.54) is 0 Å². The van der Waals surface area contributed by atoms with E-state index in [1.807, 2.05) is 58.9 Å². The van der Waals surface area contributed by atoms with Crippen molar-refractivity contribution in [1.29, 1.82) is 0 Å². The van der Waals surface area contributed by atoms with Crippen molar-refractivity contribution in [3.8, 4) is 0 Å². The Kier molecular flexibility index (Phi) is 11.3. The second kappa shape index (κ2) is 13.6. The van der Waals surface area contributed by atoms with Crippen molar-refractivity contribution in [2.45, 2.75) is 105 Å². The van der Waals surface area contributed by atoms with Crippen LogP contribution in [0.15, 0.2) is 24.3 Å². The van der Waals surface area contributed by atoms with Crippen LogP contribution in [0.5, 0.6) is 0 Å². The average Bonchev–Trinajstić information content (AvgIpc) is 2.81. The fourth-order valence-electron chi connectivity index (χ4n) is 4.93. The SMILES string of the molecule is CCCCNC(=O)[C@H](C)C[C@H](O)[C@@H](N)CC(C)(C)CC(=O)N1CC(C(=O)OC(C)(C)C)Cc2ccccc21. The zero-order chi connectivity index (χ0) is 28.7. The van der Waals surface area contributed by atoms with Crippen LogP contribution in [0.1, 0.15) is 86.1 Å². The zero-order valence-electron chi connectivity index (χ0n) is 24.4. The van der Waals surface area contributed by atoms with E-state index in [4.69, 9.17) is 10.5 Å². The van der Waals surface area contributed by atoms with Crippen molar-refractivity contribution in [2.24, 2.45) is 23.0 Å². The van der Waals surface area contributed by atoms with Crippen LogP contribution >= 0.6 is 0 Å². The van der Waals surface area contributed by atoms with Crippen LogP contribution in [0.4, 0.5) is 5.69 Å². The molecule has 8 nitrogen and oxygen atoms in total. The van der Waals surface area contributed by atoms with Gasteiger partial charge in [0.05, 0.1) is 12.0 Å². The average molecular weight is 532 g/mol. The van der Waals surface area contributed by atoms with Crippen molar-refractivity contribution in [2.75, 3.05) is 18.0 Å². The first-order valence-corrected chi connectivity index (χ1v) is 14.0. The molecule has 214 valence electrons. The molecule has 8 heteroatoms. The molecule has 1 aromatic carbocycles. The Labute approximate surface area is 228 Å². The van der Waals surface area contributed by atoms with Gasteiger partial charge in [0, 0.05) is 37.2 Å². The summed E-state index contributed by atoms with van der Waals surface area (Å²) in [6, 6.07) is 7.09. The lowest BCUT2D eigenvalue weighted by atomic mass is 9.79.